The smallest absolute Gasteiger partial charge is 0.258 e. The van der Waals surface area contributed by atoms with Crippen molar-refractivity contribution in [2.75, 3.05) is 18.0 Å². The Morgan fingerprint density at radius 2 is 2.04 bits per heavy atom. The highest BCUT2D eigenvalue weighted by Crippen LogP contribution is 2.21. The number of rotatable bonds is 4. The van der Waals surface area contributed by atoms with E-state index in [4.69, 9.17) is 0 Å². The van der Waals surface area contributed by atoms with Gasteiger partial charge in [-0.3, -0.25) is 9.36 Å². The summed E-state index contributed by atoms with van der Waals surface area (Å²) in [6.07, 6.45) is 5.08. The van der Waals surface area contributed by atoms with E-state index in [0.29, 0.717) is 12.1 Å². The first-order chi connectivity index (χ1) is 10.9. The Balaban J connectivity index is 1.76. The van der Waals surface area contributed by atoms with Crippen LogP contribution in [-0.4, -0.2) is 47.1 Å². The Morgan fingerprint density at radius 3 is 2.65 bits per heavy atom. The second-order valence-corrected chi connectivity index (χ2v) is 7.61. The van der Waals surface area contributed by atoms with Gasteiger partial charge in [-0.25, -0.2) is 13.1 Å². The minimum absolute atomic E-state index is 0.127. The Bertz CT molecular complexity index is 775. The largest absolute Gasteiger partial charge is 0.355 e. The number of piperidine rings is 1. The summed E-state index contributed by atoms with van der Waals surface area (Å²) in [5, 5.41) is 8.43. The number of sulfonamides is 1. The molecule has 0 aromatic carbocycles. The summed E-state index contributed by atoms with van der Waals surface area (Å²) in [6, 6.07) is 1.82. The van der Waals surface area contributed by atoms with E-state index in [1.54, 1.807) is 26.4 Å². The lowest BCUT2D eigenvalue weighted by Crippen LogP contribution is -2.48. The average Bonchev–Trinajstić information content (AvgIpc) is 3.05. The molecular formula is C14H22N6O2S. The van der Waals surface area contributed by atoms with Gasteiger partial charge in [0.25, 0.3) is 10.0 Å². The first kappa shape index (κ1) is 16.0. The summed E-state index contributed by atoms with van der Waals surface area (Å²) in [7, 11) is -0.0447. The third kappa shape index (κ3) is 3.11. The summed E-state index contributed by atoms with van der Waals surface area (Å²) in [5.41, 5.74) is 0.652. The van der Waals surface area contributed by atoms with Crippen LogP contribution in [0.2, 0.25) is 0 Å². The van der Waals surface area contributed by atoms with E-state index in [1.165, 1.54) is 4.68 Å². The summed E-state index contributed by atoms with van der Waals surface area (Å²) in [4.78, 5) is 2.17. The summed E-state index contributed by atoms with van der Waals surface area (Å²) >= 11 is 0. The lowest BCUT2D eigenvalue weighted by molar-refractivity contribution is 0.457. The highest BCUT2D eigenvalue weighted by atomic mass is 32.2. The third-order valence-electron chi connectivity index (χ3n) is 4.17. The van der Waals surface area contributed by atoms with Gasteiger partial charge >= 0.3 is 0 Å². The predicted molar refractivity (Wildman–Crippen MR) is 86.7 cm³/mol. The van der Waals surface area contributed by atoms with Crippen LogP contribution in [0.4, 0.5) is 5.82 Å². The summed E-state index contributed by atoms with van der Waals surface area (Å²) in [5.74, 6) is 1.01. The van der Waals surface area contributed by atoms with Crippen LogP contribution in [0.3, 0.4) is 0 Å². The van der Waals surface area contributed by atoms with Crippen LogP contribution in [0.5, 0.6) is 0 Å². The molecular weight excluding hydrogens is 316 g/mol. The zero-order valence-corrected chi connectivity index (χ0v) is 14.4. The first-order valence-corrected chi connectivity index (χ1v) is 9.10. The molecule has 1 unspecified atom stereocenters. The minimum Gasteiger partial charge on any atom is -0.355 e. The Kier molecular flexibility index (Phi) is 4.15. The molecule has 9 heteroatoms. The van der Waals surface area contributed by atoms with Gasteiger partial charge in [0, 0.05) is 44.9 Å². The second kappa shape index (κ2) is 5.97. The van der Waals surface area contributed by atoms with Crippen LogP contribution in [0, 0.1) is 6.92 Å². The predicted octanol–water partition coefficient (Wildman–Crippen LogP) is 0.409. The molecule has 1 saturated heterocycles. The molecule has 0 spiro atoms. The number of nitrogens with one attached hydrogen (secondary N) is 1. The molecule has 0 aliphatic carbocycles. The molecule has 1 fully saturated rings. The third-order valence-corrected chi connectivity index (χ3v) is 5.91. The topological polar surface area (TPSA) is 85.1 Å². The Hall–Kier alpha value is -1.87. The van der Waals surface area contributed by atoms with Crippen LogP contribution in [-0.2, 0) is 24.1 Å². The standard InChI is InChI=1S/C14H22N6O2S/c1-11-9-16-19(3)14(11)23(21,22)17-12-5-4-8-20(10-12)13-6-7-15-18(13)2/h6-7,9,12,17H,4-5,8,10H2,1-3H3. The van der Waals surface area contributed by atoms with Crippen molar-refractivity contribution in [3.05, 3.63) is 24.0 Å². The van der Waals surface area contributed by atoms with Gasteiger partial charge in [-0.15, -0.1) is 0 Å². The van der Waals surface area contributed by atoms with Crippen molar-refractivity contribution in [3.63, 3.8) is 0 Å². The number of nitrogens with zero attached hydrogens (tertiary/aromatic N) is 5. The average molecular weight is 338 g/mol. The lowest BCUT2D eigenvalue weighted by atomic mass is 10.1. The van der Waals surface area contributed by atoms with Gasteiger partial charge in [-0.1, -0.05) is 0 Å². The minimum atomic E-state index is -3.58. The van der Waals surface area contributed by atoms with E-state index < -0.39 is 10.0 Å². The van der Waals surface area contributed by atoms with E-state index in [-0.39, 0.29) is 11.1 Å². The molecule has 3 rings (SSSR count). The van der Waals surface area contributed by atoms with Crippen molar-refractivity contribution in [1.82, 2.24) is 24.3 Å². The van der Waals surface area contributed by atoms with E-state index in [9.17, 15) is 8.42 Å². The molecule has 8 nitrogen and oxygen atoms in total. The molecule has 23 heavy (non-hydrogen) atoms. The maximum absolute atomic E-state index is 12.7. The van der Waals surface area contributed by atoms with Gasteiger partial charge in [0.1, 0.15) is 5.82 Å². The molecule has 1 aliphatic rings. The molecule has 2 aromatic rings. The van der Waals surface area contributed by atoms with E-state index in [2.05, 4.69) is 19.8 Å². The zero-order valence-electron chi connectivity index (χ0n) is 13.6. The molecule has 1 N–H and O–H groups in total. The van der Waals surface area contributed by atoms with Gasteiger partial charge in [0.05, 0.1) is 12.4 Å². The summed E-state index contributed by atoms with van der Waals surface area (Å²) in [6.45, 7) is 3.29. The maximum atomic E-state index is 12.7. The van der Waals surface area contributed by atoms with Crippen LogP contribution in [0.25, 0.3) is 0 Å². The van der Waals surface area contributed by atoms with Crippen molar-refractivity contribution >= 4 is 15.8 Å². The molecule has 0 saturated carbocycles. The van der Waals surface area contributed by atoms with Crippen LogP contribution >= 0.6 is 0 Å². The van der Waals surface area contributed by atoms with Crippen LogP contribution < -0.4 is 9.62 Å². The fourth-order valence-electron chi connectivity index (χ4n) is 3.16. The highest BCUT2D eigenvalue weighted by molar-refractivity contribution is 7.89. The molecule has 0 amide bonds. The Morgan fingerprint density at radius 1 is 1.26 bits per heavy atom. The van der Waals surface area contributed by atoms with Crippen molar-refractivity contribution in [2.45, 2.75) is 30.8 Å². The lowest BCUT2D eigenvalue weighted by Gasteiger charge is -2.34. The van der Waals surface area contributed by atoms with E-state index in [1.807, 2.05) is 17.8 Å². The number of anilines is 1. The van der Waals surface area contributed by atoms with Crippen molar-refractivity contribution < 1.29 is 8.42 Å². The maximum Gasteiger partial charge on any atom is 0.258 e. The number of hydrogen-bond acceptors (Lipinski definition) is 5. The quantitative estimate of drug-likeness (QED) is 0.873. The van der Waals surface area contributed by atoms with Crippen LogP contribution in [0.1, 0.15) is 18.4 Å². The van der Waals surface area contributed by atoms with E-state index >= 15 is 0 Å². The van der Waals surface area contributed by atoms with E-state index in [0.717, 1.165) is 25.2 Å². The van der Waals surface area contributed by atoms with Gasteiger partial charge in [-0.05, 0) is 19.8 Å². The van der Waals surface area contributed by atoms with Gasteiger partial charge < -0.3 is 4.90 Å². The van der Waals surface area contributed by atoms with Crippen LogP contribution in [0.15, 0.2) is 23.5 Å². The SMILES string of the molecule is Cc1cnn(C)c1S(=O)(=O)NC1CCCN(c2ccnn2C)C1. The fraction of sp³-hybridized carbons (Fsp3) is 0.571. The number of aryl methyl sites for hydroxylation is 3. The van der Waals surface area contributed by atoms with Crippen molar-refractivity contribution in [1.29, 1.82) is 0 Å². The summed E-state index contributed by atoms with van der Waals surface area (Å²) < 4.78 is 31.4. The first-order valence-electron chi connectivity index (χ1n) is 7.62. The normalized spacial score (nSPS) is 19.3. The molecule has 1 aliphatic heterocycles. The van der Waals surface area contributed by atoms with Crippen molar-refractivity contribution in [2.24, 2.45) is 14.1 Å². The van der Waals surface area contributed by atoms with Crippen molar-refractivity contribution in [3.8, 4) is 0 Å². The van der Waals surface area contributed by atoms with Gasteiger partial charge in [0.2, 0.25) is 0 Å². The fourth-order valence-corrected chi connectivity index (χ4v) is 4.77. The van der Waals surface area contributed by atoms with Gasteiger partial charge in [-0.2, -0.15) is 10.2 Å². The highest BCUT2D eigenvalue weighted by Gasteiger charge is 2.29. The molecule has 3 heterocycles. The molecule has 0 radical (unpaired) electrons. The van der Waals surface area contributed by atoms with Gasteiger partial charge in [0.15, 0.2) is 5.03 Å². The number of aromatic nitrogens is 4. The second-order valence-electron chi connectivity index (χ2n) is 5.98. The monoisotopic (exact) mass is 338 g/mol. The molecule has 126 valence electrons. The molecule has 2 aromatic heterocycles. The zero-order chi connectivity index (χ0) is 16.6. The molecule has 1 atom stereocenters. The molecule has 0 bridgehead atoms. The number of hydrogen-bond donors (Lipinski definition) is 1. The Labute approximate surface area is 136 Å².